The van der Waals surface area contributed by atoms with Crippen LogP contribution in [0.2, 0.25) is 0 Å². The molecule has 0 N–H and O–H groups in total. The van der Waals surface area contributed by atoms with Crippen LogP contribution in [0.4, 0.5) is 0 Å². The van der Waals surface area contributed by atoms with Crippen LogP contribution in [-0.2, 0) is 0 Å². The Morgan fingerprint density at radius 2 is 0.174 bits per heavy atom. The highest BCUT2D eigenvalue weighted by molar-refractivity contribution is 5.05. The standard InChI is InChI=1S/C18H30.C17H28.2C14H24.C12H20.C11H18.C11H20.C10H18.C9H16.C8H14.2C7H12.C6H10.C5H8/c1-3-7-15-13(5-1)9-11-18-16-8-4-2-6-14(16)10-12-17(15)18;1-2-6-14-12(4-1)8-10-17-15-7-3-5-13(15)9-11-16(14)17;1-3-7-13-11(5-1)9-10-12-6-2-4-8-14(12)13;1-2-6-12-10-14-8-4-3-7-13(14)9-11(12)5-1;1-3-9-4-2-6-11-8-7-10(5-1)12(9)11;1-3-8-4-2-6-10(8)11-7-9(11)5-1;1-2-6-10-8-4-5-9-11(10)7-3-1;1-2-6-10-8-4-3-7-9(10)5-1;1-2-5-9-7-3-6-8(9)4-1;1-3-7-5-2-6-8(7)4-1;1-2-6-4-5-7(6)3-1;1-2-4-7-5-6(7)3-1;1-2-5-4-6(5)3-1;1-2-5-3-4(1)5/h13-18H,1-12H2;12-17H,1-11H2;2*11-14H,1-10H2;9-12H,1-8H2;8-11H,1-7H2;10-11H,1-9H2;9-10H,1-8H2;8-9H,1-7H2;7-8H,1-6H2;2*6-7H,1-5H2;5-6H,1-4H2;4-5H,1-3H2. The predicted octanol–water partition coefficient (Wildman–Crippen LogP) is 46.4. The van der Waals surface area contributed by atoms with Crippen molar-refractivity contribution in [2.75, 3.05) is 0 Å². The van der Waals surface area contributed by atoms with Crippen molar-refractivity contribution in [3.63, 3.8) is 0 Å². The highest BCUT2D eigenvalue weighted by Gasteiger charge is 2.54. The maximum Gasteiger partial charge on any atom is -0.0329 e. The Kier molecular flexibility index (Phi) is 42.7. The van der Waals surface area contributed by atoms with Crippen LogP contribution in [-0.4, -0.2) is 0 Å². The van der Waals surface area contributed by atoms with Crippen LogP contribution in [0.25, 0.3) is 0 Å². The maximum atomic E-state index is 1.62. The SMILES string of the molecule is C1CC2CC12.C1CC2CC2C1.C1CC2CCC2C1.C1CC2CCCC2C1.C1CC2CCCC2C2CC2C1.C1CC2CCCC3CCC(C1)C23.C1CCC2C(C1)CCC1C3CCCC3CCC21.C1CCC2C(C1)CCC1C3CCCCC3CCC21.C1CCC2C(C1)CCC1CCCCC12.C1CCC2CC2C1.C1CCC2CC3CCCCC3CC2C1.C1CCC2CCCC2C1.C1CCC2CCCCC2C1.C1CCC2CCCCC2CC1. The number of hydrogen-bond donors (Lipinski definition) is 0. The van der Waals surface area contributed by atoms with Crippen molar-refractivity contribution in [1.29, 1.82) is 0 Å². The minimum Gasteiger partial charge on any atom is -0.0533 e. The average Bonchev–Trinajstić information content (AvgIpc) is 1.76. The summed E-state index contributed by atoms with van der Waals surface area (Å²) in [6.45, 7) is 0. The summed E-state index contributed by atoms with van der Waals surface area (Å²) in [4.78, 5) is 0. The predicted molar refractivity (Wildman–Crippen MR) is 638 cm³/mol. The first-order chi connectivity index (χ1) is 73.9. The molecule has 0 bridgehead atoms. The molecule has 38 unspecified atom stereocenters. The van der Waals surface area contributed by atoms with E-state index in [0.29, 0.717) is 0 Å². The summed E-state index contributed by atoms with van der Waals surface area (Å²) < 4.78 is 0. The van der Waals surface area contributed by atoms with E-state index in [0.717, 1.165) is 82.9 Å². The number of rotatable bonds is 0. The highest BCUT2D eigenvalue weighted by Crippen LogP contribution is 2.65. The molecular weight excluding hydrogens is 1790 g/mol. The van der Waals surface area contributed by atoms with E-state index in [1.54, 1.807) is 559 Å². The summed E-state index contributed by atoms with van der Waals surface area (Å²) in [6.07, 6.45) is 164. The molecule has 0 heterocycles. The van der Waals surface area contributed by atoms with Gasteiger partial charge in [-0.25, -0.2) is 0 Å². The largest absolute Gasteiger partial charge is 0.0533 e. The second-order valence-corrected chi connectivity index (χ2v) is 64.5. The van der Waals surface area contributed by atoms with Crippen LogP contribution < -0.4 is 0 Å². The third-order valence-corrected chi connectivity index (χ3v) is 57.1. The highest BCUT2D eigenvalue weighted by atomic mass is 14.6. The molecule has 0 aromatic rings. The Labute approximate surface area is 928 Å². The van der Waals surface area contributed by atoms with Gasteiger partial charge in [-0.15, -0.1) is 0 Å². The Morgan fingerprint density at radius 3 is 0.416 bits per heavy atom. The molecule has 0 radical (unpaired) electrons. The van der Waals surface area contributed by atoms with Gasteiger partial charge in [0.2, 0.25) is 0 Å². The number of fused-ring (bicyclic) bond motifs is 26. The van der Waals surface area contributed by atoms with E-state index in [1.165, 1.54) is 293 Å². The monoisotopic (exact) mass is 2040 g/mol. The summed E-state index contributed by atoms with van der Waals surface area (Å²) in [5.74, 6) is 51.7. The molecule has 0 aromatic heterocycles. The first kappa shape index (κ1) is 112. The second-order valence-electron chi connectivity index (χ2n) is 64.5. The molecule has 36 fully saturated rings. The lowest BCUT2D eigenvalue weighted by Crippen LogP contribution is -2.45. The average molecular weight is 2050 g/mol. The first-order valence-electron chi connectivity index (χ1n) is 73.9. The van der Waals surface area contributed by atoms with Crippen molar-refractivity contribution in [2.24, 2.45) is 260 Å². The molecule has 0 heteroatoms. The Balaban J connectivity index is 0.0000000891. The van der Waals surface area contributed by atoms with Gasteiger partial charge in [-0.3, -0.25) is 0 Å². The lowest BCUT2D eigenvalue weighted by Gasteiger charge is -2.54. The number of hydrogen-bond acceptors (Lipinski definition) is 0. The Hall–Kier alpha value is 0. The summed E-state index contributed by atoms with van der Waals surface area (Å²) >= 11 is 0. The van der Waals surface area contributed by atoms with Gasteiger partial charge in [0.15, 0.2) is 0 Å². The fourth-order valence-corrected chi connectivity index (χ4v) is 48.4. The minimum absolute atomic E-state index is 1.14. The molecule has 0 aromatic carbocycles. The van der Waals surface area contributed by atoms with Crippen molar-refractivity contribution < 1.29 is 0 Å². The van der Waals surface area contributed by atoms with E-state index in [9.17, 15) is 0 Å². The summed E-state index contributed by atoms with van der Waals surface area (Å²) in [5, 5.41) is 0. The van der Waals surface area contributed by atoms with Crippen molar-refractivity contribution in [3.8, 4) is 0 Å². The minimum atomic E-state index is 1.14. The van der Waals surface area contributed by atoms with Gasteiger partial charge < -0.3 is 0 Å². The zero-order chi connectivity index (χ0) is 99.6. The van der Waals surface area contributed by atoms with E-state index in [1.807, 2.05) is 0 Å². The van der Waals surface area contributed by atoms with E-state index in [2.05, 4.69) is 0 Å². The zero-order valence-electron chi connectivity index (χ0n) is 99.6. The normalized spacial score (nSPS) is 48.8. The quantitative estimate of drug-likeness (QED) is 0.227. The van der Waals surface area contributed by atoms with E-state index in [-0.39, 0.29) is 0 Å². The Bertz CT molecular complexity index is 3510. The first-order valence-corrected chi connectivity index (χ1v) is 73.9. The molecular formula is C149H254. The van der Waals surface area contributed by atoms with Gasteiger partial charge in [0.25, 0.3) is 0 Å². The van der Waals surface area contributed by atoms with Crippen LogP contribution in [0, 0.1) is 260 Å². The van der Waals surface area contributed by atoms with Gasteiger partial charge in [0.05, 0.1) is 0 Å². The zero-order valence-corrected chi connectivity index (χ0v) is 99.6. The van der Waals surface area contributed by atoms with Crippen LogP contribution in [0.15, 0.2) is 0 Å². The van der Waals surface area contributed by atoms with Crippen LogP contribution in [0.5, 0.6) is 0 Å². The molecule has 36 saturated carbocycles. The van der Waals surface area contributed by atoms with Crippen LogP contribution in [0.1, 0.15) is 674 Å². The molecule has 149 heavy (non-hydrogen) atoms. The van der Waals surface area contributed by atoms with Gasteiger partial charge in [0.1, 0.15) is 0 Å². The van der Waals surface area contributed by atoms with Crippen molar-refractivity contribution in [2.45, 2.75) is 674 Å². The maximum absolute atomic E-state index is 1.62. The summed E-state index contributed by atoms with van der Waals surface area (Å²) in [5.41, 5.74) is 0. The smallest absolute Gasteiger partial charge is 0.0329 e. The molecule has 0 aliphatic heterocycles. The summed E-state index contributed by atoms with van der Waals surface area (Å²) in [7, 11) is 0. The van der Waals surface area contributed by atoms with Crippen molar-refractivity contribution in [1.82, 2.24) is 0 Å². The topological polar surface area (TPSA) is 0 Å². The lowest BCUT2D eigenvalue weighted by atomic mass is 9.51. The molecule has 38 atom stereocenters. The fraction of sp³-hybridized carbons (Fsp3) is 1.00. The third kappa shape index (κ3) is 30.1. The molecule has 0 spiro atoms. The van der Waals surface area contributed by atoms with E-state index >= 15 is 0 Å². The third-order valence-electron chi connectivity index (χ3n) is 57.1. The molecule has 0 amide bonds. The van der Waals surface area contributed by atoms with E-state index < -0.39 is 0 Å². The summed E-state index contributed by atoms with van der Waals surface area (Å²) in [6, 6.07) is 0. The molecule has 36 rings (SSSR count). The fourth-order valence-electron chi connectivity index (χ4n) is 48.4. The van der Waals surface area contributed by atoms with Gasteiger partial charge in [-0.1, -0.05) is 488 Å². The van der Waals surface area contributed by atoms with Crippen molar-refractivity contribution >= 4 is 0 Å². The Morgan fingerprint density at radius 1 is 0.0537 bits per heavy atom. The van der Waals surface area contributed by atoms with Gasteiger partial charge in [-0.05, 0) is 447 Å². The van der Waals surface area contributed by atoms with Crippen LogP contribution >= 0.6 is 0 Å². The molecule has 0 nitrogen and oxygen atoms in total. The molecule has 36 aliphatic rings. The second kappa shape index (κ2) is 56.9. The molecule has 850 valence electrons. The molecule has 0 saturated heterocycles. The van der Waals surface area contributed by atoms with Gasteiger partial charge in [-0.2, -0.15) is 0 Å². The van der Waals surface area contributed by atoms with Crippen molar-refractivity contribution in [3.05, 3.63) is 0 Å². The van der Waals surface area contributed by atoms with E-state index in [4.69, 9.17) is 0 Å². The van der Waals surface area contributed by atoms with Gasteiger partial charge in [0, 0.05) is 0 Å². The lowest BCUT2D eigenvalue weighted by molar-refractivity contribution is -0.0408. The van der Waals surface area contributed by atoms with Gasteiger partial charge >= 0.3 is 0 Å². The molecule has 36 aliphatic carbocycles. The van der Waals surface area contributed by atoms with Crippen LogP contribution in [0.3, 0.4) is 0 Å².